The van der Waals surface area contributed by atoms with Gasteiger partial charge in [-0.15, -0.1) is 0 Å². The second-order valence-electron chi connectivity index (χ2n) is 6.12. The molecule has 2 rings (SSSR count). The van der Waals surface area contributed by atoms with E-state index in [4.69, 9.17) is 4.42 Å². The fourth-order valence-corrected chi connectivity index (χ4v) is 2.01. The standard InChI is InChI=1S/C17H23NO3/c1-12(20)13-4-6-14(7-5-13)16-9-8-15(21-16)10-18-17(2,3)11-19/h4-9,12,18-20H,10-11H2,1-3H3/p+1/t12-/m1/s1. The molecular weight excluding hydrogens is 266 g/mol. The SMILES string of the molecule is C[C@@H](O)c1ccc(-c2ccc(C[NH2+]C(C)(C)CO)o2)cc1. The van der Waals surface area contributed by atoms with Crippen LogP contribution in [0, 0.1) is 0 Å². The van der Waals surface area contributed by atoms with Crippen LogP contribution in [0.3, 0.4) is 0 Å². The van der Waals surface area contributed by atoms with Crippen LogP contribution < -0.4 is 5.32 Å². The summed E-state index contributed by atoms with van der Waals surface area (Å²) < 4.78 is 5.83. The van der Waals surface area contributed by atoms with Crippen LogP contribution in [0.4, 0.5) is 0 Å². The van der Waals surface area contributed by atoms with Crippen molar-refractivity contribution >= 4 is 0 Å². The first-order chi connectivity index (χ1) is 9.91. The van der Waals surface area contributed by atoms with E-state index in [-0.39, 0.29) is 12.1 Å². The Balaban J connectivity index is 2.05. The molecule has 1 atom stereocenters. The van der Waals surface area contributed by atoms with Crippen molar-refractivity contribution in [1.82, 2.24) is 0 Å². The van der Waals surface area contributed by atoms with Crippen LogP contribution in [-0.4, -0.2) is 22.4 Å². The third-order valence-corrected chi connectivity index (χ3v) is 3.60. The van der Waals surface area contributed by atoms with E-state index in [9.17, 15) is 10.2 Å². The molecule has 0 bridgehead atoms. The number of aliphatic hydroxyl groups is 2. The molecule has 4 nitrogen and oxygen atoms in total. The molecule has 0 saturated carbocycles. The van der Waals surface area contributed by atoms with E-state index in [1.54, 1.807) is 6.92 Å². The molecule has 0 aliphatic carbocycles. The quantitative estimate of drug-likeness (QED) is 0.760. The minimum absolute atomic E-state index is 0.126. The van der Waals surface area contributed by atoms with Gasteiger partial charge in [0.05, 0.1) is 12.7 Å². The van der Waals surface area contributed by atoms with Gasteiger partial charge in [-0.1, -0.05) is 24.3 Å². The van der Waals surface area contributed by atoms with Gasteiger partial charge in [-0.25, -0.2) is 0 Å². The Morgan fingerprint density at radius 1 is 1.14 bits per heavy atom. The van der Waals surface area contributed by atoms with E-state index in [1.165, 1.54) is 0 Å². The molecule has 1 aromatic heterocycles. The Morgan fingerprint density at radius 3 is 2.38 bits per heavy atom. The highest BCUT2D eigenvalue weighted by molar-refractivity contribution is 5.58. The fraction of sp³-hybridized carbons (Fsp3) is 0.412. The lowest BCUT2D eigenvalue weighted by Gasteiger charge is -2.18. The van der Waals surface area contributed by atoms with Crippen molar-refractivity contribution in [1.29, 1.82) is 0 Å². The lowest BCUT2D eigenvalue weighted by atomic mass is 10.1. The summed E-state index contributed by atoms with van der Waals surface area (Å²) in [6.07, 6.45) is -0.457. The van der Waals surface area contributed by atoms with Crippen molar-refractivity contribution in [2.24, 2.45) is 0 Å². The predicted octanol–water partition coefficient (Wildman–Crippen LogP) is 1.83. The Labute approximate surface area is 125 Å². The van der Waals surface area contributed by atoms with Gasteiger partial charge in [-0.3, -0.25) is 0 Å². The van der Waals surface area contributed by atoms with Gasteiger partial charge in [0.15, 0.2) is 5.76 Å². The molecule has 1 heterocycles. The molecule has 4 heteroatoms. The van der Waals surface area contributed by atoms with Gasteiger partial charge in [-0.2, -0.15) is 0 Å². The van der Waals surface area contributed by atoms with Gasteiger partial charge in [-0.05, 0) is 38.5 Å². The molecule has 0 unspecified atom stereocenters. The lowest BCUT2D eigenvalue weighted by Crippen LogP contribution is -2.95. The Morgan fingerprint density at radius 2 is 1.81 bits per heavy atom. The van der Waals surface area contributed by atoms with Crippen LogP contribution in [0.25, 0.3) is 11.3 Å². The van der Waals surface area contributed by atoms with Gasteiger partial charge in [0.25, 0.3) is 0 Å². The number of quaternary nitrogens is 1. The molecule has 4 N–H and O–H groups in total. The maximum absolute atomic E-state index is 9.51. The molecule has 0 saturated heterocycles. The van der Waals surface area contributed by atoms with Gasteiger partial charge in [0.2, 0.25) is 0 Å². The number of furan rings is 1. The highest BCUT2D eigenvalue weighted by Gasteiger charge is 2.20. The van der Waals surface area contributed by atoms with E-state index in [0.717, 1.165) is 22.6 Å². The first kappa shape index (κ1) is 15.8. The molecule has 0 spiro atoms. The number of hydrogen-bond acceptors (Lipinski definition) is 3. The molecule has 0 radical (unpaired) electrons. The van der Waals surface area contributed by atoms with Crippen LogP contribution in [0.15, 0.2) is 40.8 Å². The molecular formula is C17H24NO3+. The van der Waals surface area contributed by atoms with Crippen LogP contribution in [0.5, 0.6) is 0 Å². The maximum Gasteiger partial charge on any atom is 0.158 e. The third kappa shape index (κ3) is 4.17. The minimum atomic E-state index is -0.457. The highest BCUT2D eigenvalue weighted by atomic mass is 16.3. The zero-order valence-corrected chi connectivity index (χ0v) is 12.8. The van der Waals surface area contributed by atoms with E-state index in [0.29, 0.717) is 6.54 Å². The van der Waals surface area contributed by atoms with Gasteiger partial charge < -0.3 is 19.9 Å². The first-order valence-electron chi connectivity index (χ1n) is 7.23. The van der Waals surface area contributed by atoms with Crippen LogP contribution in [-0.2, 0) is 6.54 Å². The van der Waals surface area contributed by atoms with Crippen LogP contribution >= 0.6 is 0 Å². The monoisotopic (exact) mass is 290 g/mol. The largest absolute Gasteiger partial charge is 0.455 e. The molecule has 0 aliphatic rings. The van der Waals surface area contributed by atoms with Crippen molar-refractivity contribution in [3.63, 3.8) is 0 Å². The van der Waals surface area contributed by atoms with Crippen LogP contribution in [0.2, 0.25) is 0 Å². The molecule has 21 heavy (non-hydrogen) atoms. The van der Waals surface area contributed by atoms with E-state index >= 15 is 0 Å². The summed E-state index contributed by atoms with van der Waals surface area (Å²) in [5.74, 6) is 1.70. The zero-order chi connectivity index (χ0) is 15.5. The fourth-order valence-electron chi connectivity index (χ4n) is 2.01. The molecule has 1 aromatic carbocycles. The number of nitrogens with two attached hydrogens (primary N) is 1. The smallest absolute Gasteiger partial charge is 0.158 e. The third-order valence-electron chi connectivity index (χ3n) is 3.60. The van der Waals surface area contributed by atoms with E-state index in [2.05, 4.69) is 5.32 Å². The molecule has 0 amide bonds. The Hall–Kier alpha value is -1.62. The number of benzene rings is 1. The van der Waals surface area contributed by atoms with Gasteiger partial charge >= 0.3 is 0 Å². The van der Waals surface area contributed by atoms with Crippen LogP contribution in [0.1, 0.15) is 38.2 Å². The normalized spacial score (nSPS) is 13.4. The lowest BCUT2D eigenvalue weighted by molar-refractivity contribution is -0.738. The van der Waals surface area contributed by atoms with Crippen molar-refractivity contribution in [2.75, 3.05) is 6.61 Å². The van der Waals surface area contributed by atoms with Gasteiger partial charge in [0, 0.05) is 5.56 Å². The van der Waals surface area contributed by atoms with Crippen molar-refractivity contribution in [3.05, 3.63) is 47.7 Å². The zero-order valence-electron chi connectivity index (χ0n) is 12.8. The second-order valence-corrected chi connectivity index (χ2v) is 6.12. The summed E-state index contributed by atoms with van der Waals surface area (Å²) in [7, 11) is 0. The maximum atomic E-state index is 9.51. The Kier molecular flexibility index (Phi) is 4.83. The first-order valence-corrected chi connectivity index (χ1v) is 7.23. The van der Waals surface area contributed by atoms with Crippen molar-refractivity contribution in [2.45, 2.75) is 39.0 Å². The number of hydrogen-bond donors (Lipinski definition) is 3. The summed E-state index contributed by atoms with van der Waals surface area (Å²) in [5.41, 5.74) is 1.68. The summed E-state index contributed by atoms with van der Waals surface area (Å²) in [5, 5.41) is 20.8. The minimum Gasteiger partial charge on any atom is -0.455 e. The molecule has 0 aliphatic heterocycles. The topological polar surface area (TPSA) is 70.2 Å². The van der Waals surface area contributed by atoms with Gasteiger partial charge in [0.1, 0.15) is 17.8 Å². The average molecular weight is 290 g/mol. The highest BCUT2D eigenvalue weighted by Crippen LogP contribution is 2.23. The summed E-state index contributed by atoms with van der Waals surface area (Å²) in [4.78, 5) is 0. The summed E-state index contributed by atoms with van der Waals surface area (Å²) in [6, 6.07) is 11.6. The molecule has 114 valence electrons. The summed E-state index contributed by atoms with van der Waals surface area (Å²) in [6.45, 7) is 6.55. The van der Waals surface area contributed by atoms with E-state index in [1.807, 2.05) is 50.2 Å². The van der Waals surface area contributed by atoms with Crippen molar-refractivity contribution < 1.29 is 19.9 Å². The van der Waals surface area contributed by atoms with E-state index < -0.39 is 6.10 Å². The molecule has 2 aromatic rings. The average Bonchev–Trinajstić information content (AvgIpc) is 2.94. The Bertz CT molecular complexity index is 570. The van der Waals surface area contributed by atoms with Crippen molar-refractivity contribution in [3.8, 4) is 11.3 Å². The number of rotatable bonds is 6. The predicted molar refractivity (Wildman–Crippen MR) is 81.6 cm³/mol. The molecule has 0 fully saturated rings. The summed E-state index contributed by atoms with van der Waals surface area (Å²) >= 11 is 0. The second kappa shape index (κ2) is 6.43. The number of aliphatic hydroxyl groups excluding tert-OH is 2.